The predicted octanol–water partition coefficient (Wildman–Crippen LogP) is 5.16. The number of halogens is 2. The fraction of sp³-hybridized carbons (Fsp3) is 0.556. The van der Waals surface area contributed by atoms with E-state index in [0.717, 1.165) is 12.5 Å². The highest BCUT2D eigenvalue weighted by Gasteiger charge is 2.25. The number of ether oxygens (including phenoxy) is 2. The van der Waals surface area contributed by atoms with E-state index in [1.807, 2.05) is 19.9 Å². The summed E-state index contributed by atoms with van der Waals surface area (Å²) < 4.78 is 40.5. The average Bonchev–Trinajstić information content (AvgIpc) is 2.84. The van der Waals surface area contributed by atoms with Crippen LogP contribution in [0.5, 0.6) is 0 Å². The largest absolute Gasteiger partial charge is 0.460 e. The fourth-order valence-corrected chi connectivity index (χ4v) is 4.19. The summed E-state index contributed by atoms with van der Waals surface area (Å²) in [4.78, 5) is 22.7. The third kappa shape index (κ3) is 7.99. The molecular formula is C27H36F2N6O3. The second-order valence-electron chi connectivity index (χ2n) is 10.4. The molecule has 0 amide bonds. The van der Waals surface area contributed by atoms with Crippen LogP contribution in [0.25, 0.3) is 0 Å². The maximum Gasteiger partial charge on any atom is 0.306 e. The van der Waals surface area contributed by atoms with Crippen LogP contribution in [0.15, 0.2) is 18.3 Å². The van der Waals surface area contributed by atoms with Crippen molar-refractivity contribution in [1.82, 2.24) is 9.97 Å². The van der Waals surface area contributed by atoms with Gasteiger partial charge in [0.2, 0.25) is 0 Å². The number of nitrogens with one attached hydrogen (secondary N) is 2. The zero-order valence-electron chi connectivity index (χ0n) is 22.6. The van der Waals surface area contributed by atoms with Gasteiger partial charge < -0.3 is 25.0 Å². The normalized spacial score (nSPS) is 15.4. The molecule has 38 heavy (non-hydrogen) atoms. The van der Waals surface area contributed by atoms with E-state index in [2.05, 4.69) is 20.6 Å². The van der Waals surface area contributed by atoms with Crippen molar-refractivity contribution >= 4 is 29.1 Å². The third-order valence-electron chi connectivity index (χ3n) is 6.01. The first-order chi connectivity index (χ1) is 18.0. The minimum Gasteiger partial charge on any atom is -0.460 e. The van der Waals surface area contributed by atoms with E-state index in [1.165, 1.54) is 12.3 Å². The van der Waals surface area contributed by atoms with Crippen LogP contribution in [0.2, 0.25) is 0 Å². The minimum atomic E-state index is -0.704. The summed E-state index contributed by atoms with van der Waals surface area (Å²) in [5.74, 6) is -1.54. The molecule has 3 rings (SSSR count). The number of carbonyl (C=O) groups excluding carboxylic acids is 1. The highest BCUT2D eigenvalue weighted by Crippen LogP contribution is 2.28. The van der Waals surface area contributed by atoms with Crippen molar-refractivity contribution in [3.05, 3.63) is 35.5 Å². The van der Waals surface area contributed by atoms with Gasteiger partial charge >= 0.3 is 5.97 Å². The van der Waals surface area contributed by atoms with Gasteiger partial charge in [-0.1, -0.05) is 20.3 Å². The first-order valence-electron chi connectivity index (χ1n) is 12.8. The number of anilines is 4. The fourth-order valence-electron chi connectivity index (χ4n) is 4.19. The van der Waals surface area contributed by atoms with Gasteiger partial charge in [-0.3, -0.25) is 4.79 Å². The number of nitriles is 1. The van der Waals surface area contributed by atoms with Crippen molar-refractivity contribution in [1.29, 1.82) is 5.26 Å². The highest BCUT2D eigenvalue weighted by molar-refractivity contribution is 5.70. The smallest absolute Gasteiger partial charge is 0.306 e. The Balaban J connectivity index is 1.80. The van der Waals surface area contributed by atoms with Crippen LogP contribution in [0.1, 0.15) is 59.4 Å². The molecule has 0 saturated carbocycles. The van der Waals surface area contributed by atoms with Crippen molar-refractivity contribution in [2.45, 2.75) is 65.5 Å². The third-order valence-corrected chi connectivity index (χ3v) is 6.01. The zero-order valence-corrected chi connectivity index (χ0v) is 22.6. The molecule has 0 spiro atoms. The molecule has 2 atom stereocenters. The molecule has 0 aliphatic carbocycles. The molecule has 2 aromatic rings. The first kappa shape index (κ1) is 29.0. The van der Waals surface area contributed by atoms with Gasteiger partial charge in [0.15, 0.2) is 29.1 Å². The number of esters is 1. The topological polar surface area (TPSA) is 112 Å². The molecule has 1 aliphatic rings. The van der Waals surface area contributed by atoms with Crippen LogP contribution >= 0.6 is 0 Å². The Labute approximate surface area is 222 Å². The molecular weight excluding hydrogens is 494 g/mol. The van der Waals surface area contributed by atoms with Crippen LogP contribution < -0.4 is 15.5 Å². The summed E-state index contributed by atoms with van der Waals surface area (Å²) in [6.07, 6.45) is 3.04. The number of nitrogens with zero attached hydrogens (tertiary/aromatic N) is 4. The number of aromatic nitrogens is 2. The Kier molecular flexibility index (Phi) is 9.80. The lowest BCUT2D eigenvalue weighted by Crippen LogP contribution is -2.37. The second-order valence-corrected chi connectivity index (χ2v) is 10.4. The number of hydrogen-bond donors (Lipinski definition) is 2. The summed E-state index contributed by atoms with van der Waals surface area (Å²) in [7, 11) is 0. The van der Waals surface area contributed by atoms with Gasteiger partial charge in [-0.25, -0.2) is 18.7 Å². The molecule has 0 unspecified atom stereocenters. The minimum absolute atomic E-state index is 0.0421. The lowest BCUT2D eigenvalue weighted by Gasteiger charge is -2.28. The van der Waals surface area contributed by atoms with Crippen LogP contribution in [-0.4, -0.2) is 53.9 Å². The van der Waals surface area contributed by atoms with Gasteiger partial charge in [0, 0.05) is 25.2 Å². The average molecular weight is 531 g/mol. The molecule has 9 nitrogen and oxygen atoms in total. The number of pyridine rings is 2. The van der Waals surface area contributed by atoms with Gasteiger partial charge in [0.05, 0.1) is 37.1 Å². The molecule has 0 radical (unpaired) electrons. The van der Waals surface area contributed by atoms with E-state index < -0.39 is 17.2 Å². The van der Waals surface area contributed by atoms with Crippen molar-refractivity contribution in [2.75, 3.05) is 41.8 Å². The standard InChI is InChI=1S/C27H36F2N6O3/c1-6-7-22(17(2)12-23(36)38-27(3,4)5)33-25-20(28)13-18(15-30)24(34-25)32-19-14-21(29)26(31-16-19)35-8-10-37-11-9-35/h13-14,16-17,22H,6-12H2,1-5H3,(H2,32,33,34)/t17-,22-/m1/s1. The summed E-state index contributed by atoms with van der Waals surface area (Å²) >= 11 is 0. The number of rotatable bonds is 10. The monoisotopic (exact) mass is 530 g/mol. The van der Waals surface area contributed by atoms with E-state index in [1.54, 1.807) is 25.7 Å². The molecule has 2 N–H and O–H groups in total. The van der Waals surface area contributed by atoms with Crippen LogP contribution in [-0.2, 0) is 14.3 Å². The Morgan fingerprint density at radius 1 is 1.24 bits per heavy atom. The van der Waals surface area contributed by atoms with Crippen LogP contribution in [0.3, 0.4) is 0 Å². The van der Waals surface area contributed by atoms with Crippen molar-refractivity contribution < 1.29 is 23.0 Å². The highest BCUT2D eigenvalue weighted by atomic mass is 19.1. The van der Waals surface area contributed by atoms with Crippen LogP contribution in [0.4, 0.5) is 31.9 Å². The molecule has 1 aliphatic heterocycles. The summed E-state index contributed by atoms with van der Waals surface area (Å²) in [6.45, 7) is 11.4. The molecule has 2 aromatic heterocycles. The van der Waals surface area contributed by atoms with Crippen molar-refractivity contribution in [3.8, 4) is 6.07 Å². The Morgan fingerprint density at radius 3 is 2.55 bits per heavy atom. The van der Waals surface area contributed by atoms with Gasteiger partial charge in [0.1, 0.15) is 11.7 Å². The first-order valence-corrected chi connectivity index (χ1v) is 12.8. The number of hydrogen-bond acceptors (Lipinski definition) is 9. The van der Waals surface area contributed by atoms with Gasteiger partial charge in [-0.15, -0.1) is 0 Å². The quantitative estimate of drug-likeness (QED) is 0.403. The lowest BCUT2D eigenvalue weighted by molar-refractivity contribution is -0.155. The van der Waals surface area contributed by atoms with Crippen molar-refractivity contribution in [2.24, 2.45) is 5.92 Å². The van der Waals surface area contributed by atoms with Gasteiger partial charge in [0.25, 0.3) is 0 Å². The molecule has 1 saturated heterocycles. The lowest BCUT2D eigenvalue weighted by atomic mass is 9.94. The Hall–Kier alpha value is -3.52. The van der Waals surface area contributed by atoms with E-state index in [0.29, 0.717) is 32.7 Å². The number of morpholine rings is 1. The van der Waals surface area contributed by atoms with Crippen LogP contribution in [0, 0.1) is 28.9 Å². The molecule has 11 heteroatoms. The van der Waals surface area contributed by atoms with Gasteiger partial charge in [-0.2, -0.15) is 5.26 Å². The van der Waals surface area contributed by atoms with E-state index >= 15 is 0 Å². The Morgan fingerprint density at radius 2 is 1.95 bits per heavy atom. The number of carbonyl (C=O) groups is 1. The molecule has 206 valence electrons. The molecule has 0 bridgehead atoms. The second kappa shape index (κ2) is 12.8. The van der Waals surface area contributed by atoms with E-state index in [9.17, 15) is 18.8 Å². The SMILES string of the molecule is CCC[C@@H](Nc1nc(Nc2cnc(N3CCOCC3)c(F)c2)c(C#N)cc1F)[C@H](C)CC(=O)OC(C)(C)C. The summed E-state index contributed by atoms with van der Waals surface area (Å²) in [5, 5.41) is 15.6. The van der Waals surface area contributed by atoms with Crippen molar-refractivity contribution in [3.63, 3.8) is 0 Å². The summed E-state index contributed by atoms with van der Waals surface area (Å²) in [6, 6.07) is 3.98. The maximum atomic E-state index is 14.9. The predicted molar refractivity (Wildman–Crippen MR) is 141 cm³/mol. The molecule has 1 fully saturated rings. The Bertz CT molecular complexity index is 1160. The van der Waals surface area contributed by atoms with E-state index in [4.69, 9.17) is 9.47 Å². The summed E-state index contributed by atoms with van der Waals surface area (Å²) in [5.41, 5.74) is -0.371. The van der Waals surface area contributed by atoms with Gasteiger partial charge in [-0.05, 0) is 39.2 Å². The zero-order chi connectivity index (χ0) is 27.9. The molecule has 3 heterocycles. The maximum absolute atomic E-state index is 14.9. The molecule has 0 aromatic carbocycles. The van der Waals surface area contributed by atoms with E-state index in [-0.39, 0.29) is 53.1 Å².